The molecule has 0 radical (unpaired) electrons. The zero-order valence-electron chi connectivity index (χ0n) is 18.2. The van der Waals surface area contributed by atoms with Gasteiger partial charge < -0.3 is 10.1 Å². The molecular weight excluding hydrogens is 396 g/mol. The monoisotopic (exact) mass is 426 g/mol. The Hall–Kier alpha value is -2.96. The number of allylic oxidation sites excluding steroid dienone is 1. The maximum absolute atomic E-state index is 12.6. The first-order chi connectivity index (χ1) is 14.9. The highest BCUT2D eigenvalue weighted by Crippen LogP contribution is 2.25. The summed E-state index contributed by atoms with van der Waals surface area (Å²) in [5.41, 5.74) is 2.00. The van der Waals surface area contributed by atoms with Crippen LogP contribution in [0.2, 0.25) is 0 Å². The van der Waals surface area contributed by atoms with Crippen molar-refractivity contribution in [2.24, 2.45) is 0 Å². The summed E-state index contributed by atoms with van der Waals surface area (Å²) >= 11 is 0. The minimum atomic E-state index is -0.959. The van der Waals surface area contributed by atoms with Crippen molar-refractivity contribution in [3.8, 4) is 0 Å². The summed E-state index contributed by atoms with van der Waals surface area (Å²) in [5.74, 6) is -1.80. The molecule has 7 heteroatoms. The number of carbonyl (C=O) groups is 4. The van der Waals surface area contributed by atoms with Crippen LogP contribution in [0, 0.1) is 0 Å². The van der Waals surface area contributed by atoms with Gasteiger partial charge in [0.2, 0.25) is 0 Å². The van der Waals surface area contributed by atoms with E-state index < -0.39 is 18.0 Å². The predicted molar refractivity (Wildman–Crippen MR) is 116 cm³/mol. The number of hydrogen-bond acceptors (Lipinski definition) is 5. The van der Waals surface area contributed by atoms with Crippen LogP contribution in [0.4, 0.5) is 0 Å². The molecule has 2 aliphatic rings. The van der Waals surface area contributed by atoms with E-state index in [9.17, 15) is 19.2 Å². The standard InChI is InChI=1S/C24H30N2O5/c1-3-4-14-26-22(28)19-11-10-18(15-20(19)23(26)29)24(30)31-16(2)21(27)25-13-12-17-8-6-5-7-9-17/h8,10-11,15-16H,3-7,9,12-14H2,1-2H3,(H,25,27)/t16-/m1/s1. The van der Waals surface area contributed by atoms with E-state index in [-0.39, 0.29) is 22.9 Å². The fourth-order valence-electron chi connectivity index (χ4n) is 3.84. The summed E-state index contributed by atoms with van der Waals surface area (Å²) in [6.45, 7) is 4.37. The Morgan fingerprint density at radius 3 is 2.65 bits per heavy atom. The van der Waals surface area contributed by atoms with Gasteiger partial charge in [0.25, 0.3) is 17.7 Å². The molecule has 1 N–H and O–H groups in total. The molecule has 0 saturated heterocycles. The fraction of sp³-hybridized carbons (Fsp3) is 0.500. The molecule has 0 saturated carbocycles. The van der Waals surface area contributed by atoms with E-state index in [0.717, 1.165) is 32.1 Å². The highest BCUT2D eigenvalue weighted by Gasteiger charge is 2.35. The van der Waals surface area contributed by atoms with Gasteiger partial charge in [0.05, 0.1) is 16.7 Å². The highest BCUT2D eigenvalue weighted by atomic mass is 16.5. The Morgan fingerprint density at radius 2 is 1.94 bits per heavy atom. The minimum absolute atomic E-state index is 0.143. The first kappa shape index (κ1) is 22.7. The molecule has 0 aromatic heterocycles. The van der Waals surface area contributed by atoms with E-state index in [1.807, 2.05) is 6.92 Å². The van der Waals surface area contributed by atoms with Crippen molar-refractivity contribution in [1.82, 2.24) is 10.2 Å². The number of rotatable bonds is 9. The van der Waals surface area contributed by atoms with Gasteiger partial charge in [0.15, 0.2) is 6.10 Å². The summed E-state index contributed by atoms with van der Waals surface area (Å²) in [6, 6.07) is 4.31. The number of esters is 1. The highest BCUT2D eigenvalue weighted by molar-refractivity contribution is 6.22. The lowest BCUT2D eigenvalue weighted by Crippen LogP contribution is -2.36. The van der Waals surface area contributed by atoms with Crippen molar-refractivity contribution in [3.05, 3.63) is 46.5 Å². The van der Waals surface area contributed by atoms with Gasteiger partial charge in [-0.15, -0.1) is 0 Å². The van der Waals surface area contributed by atoms with Crippen LogP contribution in [0.3, 0.4) is 0 Å². The summed E-state index contributed by atoms with van der Waals surface area (Å²) in [6.07, 6.45) is 8.27. The third-order valence-corrected chi connectivity index (χ3v) is 5.73. The normalized spacial score (nSPS) is 16.6. The number of imide groups is 1. The number of unbranched alkanes of at least 4 members (excludes halogenated alkanes) is 1. The first-order valence-electron chi connectivity index (χ1n) is 11.1. The molecule has 1 heterocycles. The molecule has 0 fully saturated rings. The SMILES string of the molecule is CCCCN1C(=O)c2ccc(C(=O)O[C@H](C)C(=O)NCCC3=CCCCC3)cc2C1=O. The molecule has 1 aromatic carbocycles. The number of nitrogens with zero attached hydrogens (tertiary/aromatic N) is 1. The minimum Gasteiger partial charge on any atom is -0.449 e. The zero-order chi connectivity index (χ0) is 22.4. The lowest BCUT2D eigenvalue weighted by molar-refractivity contribution is -0.129. The number of nitrogens with one attached hydrogen (secondary N) is 1. The Morgan fingerprint density at radius 1 is 1.16 bits per heavy atom. The second-order valence-corrected chi connectivity index (χ2v) is 8.07. The Labute approximate surface area is 182 Å². The average Bonchev–Trinajstić information content (AvgIpc) is 3.02. The molecule has 3 amide bonds. The maximum Gasteiger partial charge on any atom is 0.338 e. The van der Waals surface area contributed by atoms with Crippen LogP contribution in [0.25, 0.3) is 0 Å². The van der Waals surface area contributed by atoms with Crippen molar-refractivity contribution in [3.63, 3.8) is 0 Å². The Balaban J connectivity index is 1.55. The summed E-state index contributed by atoms with van der Waals surface area (Å²) in [4.78, 5) is 50.9. The van der Waals surface area contributed by atoms with Crippen molar-refractivity contribution < 1.29 is 23.9 Å². The molecule has 166 valence electrons. The summed E-state index contributed by atoms with van der Waals surface area (Å²) in [5, 5.41) is 2.80. The predicted octanol–water partition coefficient (Wildman–Crippen LogP) is 3.63. The fourth-order valence-corrected chi connectivity index (χ4v) is 3.84. The van der Waals surface area contributed by atoms with Crippen LogP contribution in [0.5, 0.6) is 0 Å². The van der Waals surface area contributed by atoms with Crippen LogP contribution in [-0.4, -0.2) is 47.8 Å². The van der Waals surface area contributed by atoms with E-state index in [1.165, 1.54) is 48.4 Å². The number of carbonyl (C=O) groups excluding carboxylic acids is 4. The van der Waals surface area contributed by atoms with Crippen molar-refractivity contribution in [2.45, 2.75) is 64.9 Å². The average molecular weight is 427 g/mol. The molecule has 1 atom stereocenters. The van der Waals surface area contributed by atoms with Gasteiger partial charge in [-0.05, 0) is 63.6 Å². The molecule has 3 rings (SSSR count). The number of benzene rings is 1. The maximum atomic E-state index is 12.6. The molecule has 0 bridgehead atoms. The quantitative estimate of drug-likeness (QED) is 0.370. The number of ether oxygens (including phenoxy) is 1. The van der Waals surface area contributed by atoms with Crippen molar-refractivity contribution >= 4 is 23.7 Å². The third-order valence-electron chi connectivity index (χ3n) is 5.73. The number of amides is 3. The lowest BCUT2D eigenvalue weighted by atomic mass is 9.97. The second kappa shape index (κ2) is 10.4. The van der Waals surface area contributed by atoms with E-state index >= 15 is 0 Å². The Kier molecular flexibility index (Phi) is 7.60. The molecular formula is C24H30N2O5. The molecule has 0 unspecified atom stereocenters. The van der Waals surface area contributed by atoms with Gasteiger partial charge in [-0.25, -0.2) is 4.79 Å². The molecule has 1 aromatic rings. The zero-order valence-corrected chi connectivity index (χ0v) is 18.2. The van der Waals surface area contributed by atoms with Gasteiger partial charge in [0.1, 0.15) is 0 Å². The van der Waals surface area contributed by atoms with Crippen molar-refractivity contribution in [2.75, 3.05) is 13.1 Å². The van der Waals surface area contributed by atoms with Crippen LogP contribution in [0.15, 0.2) is 29.8 Å². The second-order valence-electron chi connectivity index (χ2n) is 8.07. The van der Waals surface area contributed by atoms with E-state index in [4.69, 9.17) is 4.74 Å². The summed E-state index contributed by atoms with van der Waals surface area (Å²) < 4.78 is 5.28. The molecule has 1 aliphatic heterocycles. The third kappa shape index (κ3) is 5.40. The smallest absolute Gasteiger partial charge is 0.338 e. The molecule has 31 heavy (non-hydrogen) atoms. The van der Waals surface area contributed by atoms with Crippen LogP contribution >= 0.6 is 0 Å². The summed E-state index contributed by atoms with van der Waals surface area (Å²) in [7, 11) is 0. The van der Waals surface area contributed by atoms with Gasteiger partial charge >= 0.3 is 5.97 Å². The topological polar surface area (TPSA) is 92.8 Å². The van der Waals surface area contributed by atoms with Gasteiger partial charge in [-0.1, -0.05) is 25.0 Å². The molecule has 7 nitrogen and oxygen atoms in total. The van der Waals surface area contributed by atoms with Crippen molar-refractivity contribution in [1.29, 1.82) is 0 Å². The van der Waals surface area contributed by atoms with E-state index in [1.54, 1.807) is 0 Å². The van der Waals surface area contributed by atoms with E-state index in [0.29, 0.717) is 18.7 Å². The molecule has 1 aliphatic carbocycles. The van der Waals surface area contributed by atoms with Gasteiger partial charge in [0, 0.05) is 13.1 Å². The lowest BCUT2D eigenvalue weighted by Gasteiger charge is -2.15. The largest absolute Gasteiger partial charge is 0.449 e. The van der Waals surface area contributed by atoms with Crippen LogP contribution in [0.1, 0.15) is 89.9 Å². The van der Waals surface area contributed by atoms with Crippen LogP contribution in [-0.2, 0) is 9.53 Å². The van der Waals surface area contributed by atoms with Gasteiger partial charge in [-0.3, -0.25) is 19.3 Å². The number of hydrogen-bond donors (Lipinski definition) is 1. The Bertz CT molecular complexity index is 905. The number of fused-ring (bicyclic) bond motifs is 1. The van der Waals surface area contributed by atoms with Gasteiger partial charge in [-0.2, -0.15) is 0 Å². The van der Waals surface area contributed by atoms with Crippen LogP contribution < -0.4 is 5.32 Å². The first-order valence-corrected chi connectivity index (χ1v) is 11.1. The molecule has 0 spiro atoms. The van der Waals surface area contributed by atoms with E-state index in [2.05, 4.69) is 11.4 Å².